The van der Waals surface area contributed by atoms with Crippen molar-refractivity contribution in [3.8, 4) is 0 Å². The van der Waals surface area contributed by atoms with Crippen LogP contribution in [0.1, 0.15) is 48.0 Å². The molecule has 0 aliphatic heterocycles. The van der Waals surface area contributed by atoms with Crippen molar-refractivity contribution in [3.05, 3.63) is 0 Å². The quantitative estimate of drug-likeness (QED) is 0.573. The number of fused-ring (bicyclic) bond motifs is 1. The smallest absolute Gasteiger partial charge is 0.0181 e. The predicted molar refractivity (Wildman–Crippen MR) is 57.5 cm³/mol. The average Bonchev–Trinajstić information content (AvgIpc) is 2.57. The van der Waals surface area contributed by atoms with E-state index in [9.17, 15) is 0 Å². The third kappa shape index (κ3) is 0.680. The minimum atomic E-state index is 0.667. The summed E-state index contributed by atoms with van der Waals surface area (Å²) >= 11 is 0. The van der Waals surface area contributed by atoms with E-state index in [4.69, 9.17) is 0 Å². The fourth-order valence-electron chi connectivity index (χ4n) is 5.16. The summed E-state index contributed by atoms with van der Waals surface area (Å²) in [6, 6.07) is 0. The van der Waals surface area contributed by atoms with Gasteiger partial charge in [-0.05, 0) is 40.9 Å². The highest BCUT2D eigenvalue weighted by Gasteiger charge is 2.78. The highest BCUT2D eigenvalue weighted by Crippen LogP contribution is 2.83. The molecule has 0 heteroatoms. The van der Waals surface area contributed by atoms with Gasteiger partial charge in [0.2, 0.25) is 0 Å². The van der Waals surface area contributed by atoms with E-state index in [0.717, 1.165) is 23.7 Å². The first-order valence-electron chi connectivity index (χ1n) is 5.94. The molecule has 2 fully saturated rings. The maximum Gasteiger partial charge on any atom is -0.0181 e. The minimum absolute atomic E-state index is 0.667. The molecular weight excluding hydrogens is 156 g/mol. The first kappa shape index (κ1) is 9.55. The summed E-state index contributed by atoms with van der Waals surface area (Å²) in [5.41, 5.74) is 1.37. The second-order valence-corrected chi connectivity index (χ2v) is 5.83. The van der Waals surface area contributed by atoms with Crippen LogP contribution in [0.3, 0.4) is 0 Å². The molecule has 0 amide bonds. The molecule has 0 N–H and O–H groups in total. The summed E-state index contributed by atoms with van der Waals surface area (Å²) in [5.74, 6) is 3.76. The van der Waals surface area contributed by atoms with Crippen LogP contribution >= 0.6 is 0 Å². The molecule has 0 heterocycles. The minimum Gasteiger partial charge on any atom is -0.0648 e. The molecule has 0 aromatic rings. The molecule has 2 saturated carbocycles. The van der Waals surface area contributed by atoms with Crippen molar-refractivity contribution in [2.45, 2.75) is 48.0 Å². The van der Waals surface area contributed by atoms with Gasteiger partial charge in [-0.3, -0.25) is 0 Å². The predicted octanol–water partition coefficient (Wildman–Crippen LogP) is 3.96. The van der Waals surface area contributed by atoms with Crippen LogP contribution in [0.2, 0.25) is 0 Å². The molecule has 0 bridgehead atoms. The van der Waals surface area contributed by atoms with Crippen molar-refractivity contribution in [2.24, 2.45) is 34.5 Å². The van der Waals surface area contributed by atoms with E-state index >= 15 is 0 Å². The fraction of sp³-hybridized carbons (Fsp3) is 1.00. The molecule has 2 aliphatic carbocycles. The van der Waals surface area contributed by atoms with Crippen LogP contribution in [0, 0.1) is 34.5 Å². The summed E-state index contributed by atoms with van der Waals surface area (Å²) in [7, 11) is 0. The van der Waals surface area contributed by atoms with Crippen molar-refractivity contribution in [3.63, 3.8) is 0 Å². The largest absolute Gasteiger partial charge is 0.0648 e. The first-order valence-corrected chi connectivity index (χ1v) is 5.94. The molecule has 0 radical (unpaired) electrons. The normalized spacial score (nSPS) is 65.1. The van der Waals surface area contributed by atoms with Gasteiger partial charge in [0, 0.05) is 0 Å². The van der Waals surface area contributed by atoms with Gasteiger partial charge >= 0.3 is 0 Å². The van der Waals surface area contributed by atoms with Gasteiger partial charge in [-0.25, -0.2) is 0 Å². The van der Waals surface area contributed by atoms with Crippen LogP contribution in [0.25, 0.3) is 0 Å². The lowest BCUT2D eigenvalue weighted by Gasteiger charge is -2.26. The average molecular weight is 180 g/mol. The first-order chi connectivity index (χ1) is 5.94. The van der Waals surface area contributed by atoms with Crippen LogP contribution in [-0.2, 0) is 0 Å². The standard InChI is InChI=1S/C13H24/c1-7-13-10(4)8(2)9(3)12(13,6)11(13)5/h8-11H,7H2,1-6H3. The lowest BCUT2D eigenvalue weighted by molar-refractivity contribution is 0.226. The van der Waals surface area contributed by atoms with Gasteiger partial charge < -0.3 is 0 Å². The Balaban J connectivity index is 2.39. The molecule has 2 aliphatic rings. The van der Waals surface area contributed by atoms with E-state index in [-0.39, 0.29) is 0 Å². The van der Waals surface area contributed by atoms with Gasteiger partial charge in [0.1, 0.15) is 0 Å². The molecule has 0 aromatic carbocycles. The van der Waals surface area contributed by atoms with E-state index in [1.54, 1.807) is 0 Å². The van der Waals surface area contributed by atoms with Crippen molar-refractivity contribution < 1.29 is 0 Å². The Morgan fingerprint density at radius 3 is 1.85 bits per heavy atom. The second kappa shape index (κ2) is 2.32. The molecule has 0 spiro atoms. The van der Waals surface area contributed by atoms with Crippen molar-refractivity contribution in [1.82, 2.24) is 0 Å². The van der Waals surface area contributed by atoms with Crippen LogP contribution in [-0.4, -0.2) is 0 Å². The highest BCUT2D eigenvalue weighted by atomic mass is 14.8. The van der Waals surface area contributed by atoms with Gasteiger partial charge in [0.05, 0.1) is 0 Å². The SMILES string of the molecule is CCC12C(C)C(C)C(C)C1(C)C2C. The second-order valence-electron chi connectivity index (χ2n) is 5.83. The summed E-state index contributed by atoms with van der Waals surface area (Å²) in [4.78, 5) is 0. The zero-order chi connectivity index (χ0) is 10.0. The maximum atomic E-state index is 2.53. The van der Waals surface area contributed by atoms with Gasteiger partial charge in [0.25, 0.3) is 0 Å². The third-order valence-corrected chi connectivity index (χ3v) is 6.51. The number of hydrogen-bond donors (Lipinski definition) is 0. The van der Waals surface area contributed by atoms with Gasteiger partial charge in [0.15, 0.2) is 0 Å². The van der Waals surface area contributed by atoms with Crippen molar-refractivity contribution >= 4 is 0 Å². The molecular formula is C13H24. The monoisotopic (exact) mass is 180 g/mol. The Hall–Kier alpha value is 0. The zero-order valence-corrected chi connectivity index (χ0v) is 10.0. The highest BCUT2D eigenvalue weighted by molar-refractivity contribution is 5.26. The van der Waals surface area contributed by atoms with E-state index in [0.29, 0.717) is 10.8 Å². The Bertz CT molecular complexity index is 232. The molecule has 0 saturated heterocycles. The molecule has 6 unspecified atom stereocenters. The summed E-state index contributed by atoms with van der Waals surface area (Å²) in [6.45, 7) is 14.8. The van der Waals surface area contributed by atoms with E-state index in [1.165, 1.54) is 6.42 Å². The van der Waals surface area contributed by atoms with Crippen LogP contribution in [0.15, 0.2) is 0 Å². The van der Waals surface area contributed by atoms with Crippen LogP contribution in [0.5, 0.6) is 0 Å². The molecule has 76 valence electrons. The van der Waals surface area contributed by atoms with E-state index in [1.807, 2.05) is 0 Å². The molecule has 0 aromatic heterocycles. The Kier molecular flexibility index (Phi) is 1.71. The zero-order valence-electron chi connectivity index (χ0n) is 10.0. The van der Waals surface area contributed by atoms with Crippen LogP contribution in [0.4, 0.5) is 0 Å². The fourth-order valence-corrected chi connectivity index (χ4v) is 5.16. The summed E-state index contributed by atoms with van der Waals surface area (Å²) < 4.78 is 0. The lowest BCUT2D eigenvalue weighted by atomic mass is 9.79. The number of rotatable bonds is 1. The maximum absolute atomic E-state index is 2.53. The van der Waals surface area contributed by atoms with Crippen LogP contribution < -0.4 is 0 Å². The van der Waals surface area contributed by atoms with E-state index in [2.05, 4.69) is 41.5 Å². The van der Waals surface area contributed by atoms with Crippen molar-refractivity contribution in [2.75, 3.05) is 0 Å². The molecule has 13 heavy (non-hydrogen) atoms. The van der Waals surface area contributed by atoms with Gasteiger partial charge in [-0.2, -0.15) is 0 Å². The van der Waals surface area contributed by atoms with Gasteiger partial charge in [-0.15, -0.1) is 0 Å². The summed E-state index contributed by atoms with van der Waals surface area (Å²) in [6.07, 6.45) is 1.39. The van der Waals surface area contributed by atoms with Crippen molar-refractivity contribution in [1.29, 1.82) is 0 Å². The Labute approximate surface area is 83.1 Å². The molecule has 0 nitrogen and oxygen atoms in total. The molecule has 2 rings (SSSR count). The number of hydrogen-bond acceptors (Lipinski definition) is 0. The topological polar surface area (TPSA) is 0 Å². The molecule has 6 atom stereocenters. The van der Waals surface area contributed by atoms with E-state index < -0.39 is 0 Å². The third-order valence-electron chi connectivity index (χ3n) is 6.51. The Morgan fingerprint density at radius 2 is 1.54 bits per heavy atom. The Morgan fingerprint density at radius 1 is 1.00 bits per heavy atom. The van der Waals surface area contributed by atoms with Gasteiger partial charge in [-0.1, -0.05) is 41.5 Å². The summed E-state index contributed by atoms with van der Waals surface area (Å²) in [5, 5.41) is 0. The lowest BCUT2D eigenvalue weighted by Crippen LogP contribution is -2.19.